The molecule has 7 nitrogen and oxygen atoms in total. The first kappa shape index (κ1) is 22.7. The molecule has 0 saturated carbocycles. The molecule has 1 heterocycles. The lowest BCUT2D eigenvalue weighted by Gasteiger charge is -2.25. The molecule has 0 radical (unpaired) electrons. The summed E-state index contributed by atoms with van der Waals surface area (Å²) >= 11 is 0. The van der Waals surface area contributed by atoms with Crippen LogP contribution in [0.3, 0.4) is 0 Å². The lowest BCUT2D eigenvalue weighted by molar-refractivity contribution is -0.155. The van der Waals surface area contributed by atoms with E-state index in [1.165, 1.54) is 4.90 Å². The van der Waals surface area contributed by atoms with Gasteiger partial charge in [-0.3, -0.25) is 19.3 Å². The summed E-state index contributed by atoms with van der Waals surface area (Å²) in [5, 5.41) is 0. The first-order valence-electron chi connectivity index (χ1n) is 10.1. The average Bonchev–Trinajstić information content (AvgIpc) is 3.06. The monoisotopic (exact) mass is 432 g/mol. The molecular formula is C25H24N2O5. The van der Waals surface area contributed by atoms with Crippen LogP contribution in [0.4, 0.5) is 0 Å². The van der Waals surface area contributed by atoms with E-state index in [9.17, 15) is 19.2 Å². The molecular weight excluding hydrogens is 408 g/mol. The first-order valence-corrected chi connectivity index (χ1v) is 10.1. The van der Waals surface area contributed by atoms with Gasteiger partial charge in [-0.05, 0) is 17.7 Å². The maximum atomic E-state index is 13.0. The molecule has 1 unspecified atom stereocenters. The fourth-order valence-corrected chi connectivity index (χ4v) is 3.52. The third-order valence-electron chi connectivity index (χ3n) is 5.07. The summed E-state index contributed by atoms with van der Waals surface area (Å²) in [6, 6.07) is 14.2. The second kappa shape index (κ2) is 10.3. The largest absolute Gasteiger partial charge is 0.454 e. The standard InChI is InChI=1S/C25H24N2O5/c1-3-14-26(15-4-2)22(28)17-32-25(31)21(16-18-10-6-5-7-11-18)27-23(29)19-12-8-9-13-20(19)24(27)30/h3-13,21H,1-2,14-17H2. The van der Waals surface area contributed by atoms with E-state index in [1.54, 1.807) is 60.7 Å². The Morgan fingerprint density at radius 1 is 0.906 bits per heavy atom. The number of amides is 3. The van der Waals surface area contributed by atoms with Gasteiger partial charge in [-0.2, -0.15) is 0 Å². The number of imide groups is 1. The Balaban J connectivity index is 1.82. The Morgan fingerprint density at radius 3 is 1.97 bits per heavy atom. The number of fused-ring (bicyclic) bond motifs is 1. The molecule has 0 N–H and O–H groups in total. The highest BCUT2D eigenvalue weighted by molar-refractivity contribution is 6.22. The third-order valence-corrected chi connectivity index (χ3v) is 5.07. The molecule has 3 rings (SSSR count). The van der Waals surface area contributed by atoms with E-state index in [4.69, 9.17) is 4.74 Å². The summed E-state index contributed by atoms with van der Waals surface area (Å²) in [5.41, 5.74) is 1.22. The average molecular weight is 432 g/mol. The van der Waals surface area contributed by atoms with Crippen LogP contribution in [-0.4, -0.2) is 59.2 Å². The molecule has 3 amide bonds. The maximum absolute atomic E-state index is 13.0. The van der Waals surface area contributed by atoms with Crippen LogP contribution >= 0.6 is 0 Å². The zero-order chi connectivity index (χ0) is 23.1. The second-order valence-electron chi connectivity index (χ2n) is 7.22. The van der Waals surface area contributed by atoms with Gasteiger partial charge in [-0.1, -0.05) is 54.6 Å². The Labute approximate surface area is 186 Å². The smallest absolute Gasteiger partial charge is 0.330 e. The quantitative estimate of drug-likeness (QED) is 0.327. The molecule has 1 aliphatic heterocycles. The van der Waals surface area contributed by atoms with Crippen molar-refractivity contribution in [1.82, 2.24) is 9.80 Å². The maximum Gasteiger partial charge on any atom is 0.330 e. The highest BCUT2D eigenvalue weighted by Crippen LogP contribution is 2.26. The minimum atomic E-state index is -1.20. The van der Waals surface area contributed by atoms with Gasteiger partial charge in [0.05, 0.1) is 11.1 Å². The Bertz CT molecular complexity index is 1000. The van der Waals surface area contributed by atoms with Crippen molar-refractivity contribution in [2.75, 3.05) is 19.7 Å². The topological polar surface area (TPSA) is 84.0 Å². The van der Waals surface area contributed by atoms with Crippen molar-refractivity contribution in [3.63, 3.8) is 0 Å². The van der Waals surface area contributed by atoms with Crippen LogP contribution in [-0.2, 0) is 20.7 Å². The third kappa shape index (κ3) is 4.83. The Kier molecular flexibility index (Phi) is 7.33. The van der Waals surface area contributed by atoms with Crippen LogP contribution in [0.1, 0.15) is 26.3 Å². The van der Waals surface area contributed by atoms with Gasteiger partial charge >= 0.3 is 5.97 Å². The molecule has 0 bridgehead atoms. The summed E-state index contributed by atoms with van der Waals surface area (Å²) in [6.07, 6.45) is 3.18. The number of rotatable bonds is 10. The predicted octanol–water partition coefficient (Wildman–Crippen LogP) is 2.64. The number of carbonyl (C=O) groups excluding carboxylic acids is 4. The minimum Gasteiger partial charge on any atom is -0.454 e. The van der Waals surface area contributed by atoms with E-state index in [0.29, 0.717) is 0 Å². The fraction of sp³-hybridized carbons (Fsp3) is 0.200. The molecule has 164 valence electrons. The van der Waals surface area contributed by atoms with Crippen LogP contribution in [0.2, 0.25) is 0 Å². The number of hydrogen-bond donors (Lipinski definition) is 0. The molecule has 1 aliphatic rings. The summed E-state index contributed by atoms with van der Waals surface area (Å²) in [5.74, 6) is -2.38. The first-order chi connectivity index (χ1) is 15.5. The molecule has 0 spiro atoms. The van der Waals surface area contributed by atoms with Gasteiger partial charge < -0.3 is 9.64 Å². The number of nitrogens with zero attached hydrogens (tertiary/aromatic N) is 2. The van der Waals surface area contributed by atoms with Gasteiger partial charge in [-0.25, -0.2) is 4.79 Å². The molecule has 0 aliphatic carbocycles. The summed E-state index contributed by atoms with van der Waals surface area (Å²) in [4.78, 5) is 53.7. The van der Waals surface area contributed by atoms with Crippen molar-refractivity contribution in [1.29, 1.82) is 0 Å². The van der Waals surface area contributed by atoms with Gasteiger partial charge in [0.1, 0.15) is 6.04 Å². The minimum absolute atomic E-state index is 0.0718. The number of hydrogen-bond acceptors (Lipinski definition) is 5. The Morgan fingerprint density at radius 2 is 1.44 bits per heavy atom. The zero-order valence-electron chi connectivity index (χ0n) is 17.6. The van der Waals surface area contributed by atoms with Gasteiger partial charge in [-0.15, -0.1) is 13.2 Å². The normalized spacial score (nSPS) is 13.3. The summed E-state index contributed by atoms with van der Waals surface area (Å²) in [7, 11) is 0. The number of esters is 1. The van der Waals surface area contributed by atoms with E-state index < -0.39 is 36.3 Å². The van der Waals surface area contributed by atoms with E-state index in [1.807, 2.05) is 6.07 Å². The predicted molar refractivity (Wildman–Crippen MR) is 119 cm³/mol. The van der Waals surface area contributed by atoms with Crippen molar-refractivity contribution in [2.24, 2.45) is 0 Å². The van der Waals surface area contributed by atoms with E-state index in [-0.39, 0.29) is 30.6 Å². The van der Waals surface area contributed by atoms with Gasteiger partial charge in [0.15, 0.2) is 6.61 Å². The molecule has 0 fully saturated rings. The highest BCUT2D eigenvalue weighted by atomic mass is 16.5. The van der Waals surface area contributed by atoms with Crippen LogP contribution in [0.25, 0.3) is 0 Å². The molecule has 2 aromatic rings. The van der Waals surface area contributed by atoms with Crippen molar-refractivity contribution < 1.29 is 23.9 Å². The van der Waals surface area contributed by atoms with Crippen LogP contribution in [0.15, 0.2) is 79.9 Å². The van der Waals surface area contributed by atoms with Crippen molar-refractivity contribution in [3.8, 4) is 0 Å². The second-order valence-corrected chi connectivity index (χ2v) is 7.22. The summed E-state index contributed by atoms with van der Waals surface area (Å²) in [6.45, 7) is 7.24. The molecule has 2 aromatic carbocycles. The van der Waals surface area contributed by atoms with Gasteiger partial charge in [0.25, 0.3) is 17.7 Å². The highest BCUT2D eigenvalue weighted by Gasteiger charge is 2.43. The molecule has 1 atom stereocenters. The number of carbonyl (C=O) groups is 4. The van der Waals surface area contributed by atoms with Gasteiger partial charge in [0.2, 0.25) is 0 Å². The number of benzene rings is 2. The lowest BCUT2D eigenvalue weighted by atomic mass is 10.0. The summed E-state index contributed by atoms with van der Waals surface area (Å²) < 4.78 is 5.27. The molecule has 32 heavy (non-hydrogen) atoms. The van der Waals surface area contributed by atoms with Crippen LogP contribution < -0.4 is 0 Å². The molecule has 0 saturated heterocycles. The van der Waals surface area contributed by atoms with E-state index in [2.05, 4.69) is 13.2 Å². The van der Waals surface area contributed by atoms with Crippen molar-refractivity contribution in [3.05, 3.63) is 96.6 Å². The molecule has 0 aromatic heterocycles. The van der Waals surface area contributed by atoms with Gasteiger partial charge in [0, 0.05) is 19.5 Å². The zero-order valence-corrected chi connectivity index (χ0v) is 17.6. The van der Waals surface area contributed by atoms with Crippen LogP contribution in [0, 0.1) is 0 Å². The molecule has 7 heteroatoms. The van der Waals surface area contributed by atoms with Crippen molar-refractivity contribution >= 4 is 23.7 Å². The fourth-order valence-electron chi connectivity index (χ4n) is 3.52. The van der Waals surface area contributed by atoms with E-state index in [0.717, 1.165) is 10.5 Å². The lowest BCUT2D eigenvalue weighted by Crippen LogP contribution is -2.47. The number of ether oxygens (including phenoxy) is 1. The van der Waals surface area contributed by atoms with Crippen LogP contribution in [0.5, 0.6) is 0 Å². The SMILES string of the molecule is C=CCN(CC=C)C(=O)COC(=O)C(Cc1ccccc1)N1C(=O)c2ccccc2C1=O. The Hall–Kier alpha value is -4.00. The van der Waals surface area contributed by atoms with E-state index >= 15 is 0 Å². The van der Waals surface area contributed by atoms with Crippen molar-refractivity contribution in [2.45, 2.75) is 12.5 Å².